The number of carboxylic acids is 1. The van der Waals surface area contributed by atoms with Gasteiger partial charge in [0.2, 0.25) is 0 Å². The Kier molecular flexibility index (Phi) is 3.51. The van der Waals surface area contributed by atoms with Gasteiger partial charge in [-0.05, 0) is 18.7 Å². The molecular weight excluding hydrogens is 286 g/mol. The number of aliphatic carboxylic acids is 1. The lowest BCUT2D eigenvalue weighted by Gasteiger charge is -2.43. The van der Waals surface area contributed by atoms with Gasteiger partial charge in [-0.25, -0.2) is 0 Å². The normalized spacial score (nSPS) is 19.4. The first kappa shape index (κ1) is 12.5. The zero-order chi connectivity index (χ0) is 12.5. The van der Waals surface area contributed by atoms with Gasteiger partial charge in [-0.1, -0.05) is 34.1 Å². The van der Waals surface area contributed by atoms with Gasteiger partial charge in [-0.3, -0.25) is 4.79 Å². The summed E-state index contributed by atoms with van der Waals surface area (Å²) < 4.78 is 6.02. The van der Waals surface area contributed by atoms with Gasteiger partial charge in [0.15, 0.2) is 0 Å². The Balaban J connectivity index is 2.40. The summed E-state index contributed by atoms with van der Waals surface area (Å²) >= 11 is 3.46. The molecule has 1 atom stereocenters. The van der Waals surface area contributed by atoms with E-state index in [1.54, 1.807) is 7.05 Å². The van der Waals surface area contributed by atoms with Crippen LogP contribution in [0.25, 0.3) is 0 Å². The van der Waals surface area contributed by atoms with E-state index in [-0.39, 0.29) is 19.3 Å². The molecule has 1 aromatic carbocycles. The molecule has 5 heteroatoms. The second-order valence-corrected chi connectivity index (χ2v) is 5.05. The minimum absolute atomic E-state index is 0.245. The molecule has 1 aliphatic heterocycles. The average molecular weight is 300 g/mol. The van der Waals surface area contributed by atoms with Gasteiger partial charge in [0.25, 0.3) is 0 Å². The average Bonchev–Trinajstić information content (AvgIpc) is 2.24. The molecule has 17 heavy (non-hydrogen) atoms. The van der Waals surface area contributed by atoms with Crippen LogP contribution in [0.2, 0.25) is 0 Å². The fourth-order valence-corrected chi connectivity index (χ4v) is 2.69. The van der Waals surface area contributed by atoms with Gasteiger partial charge >= 0.3 is 5.97 Å². The molecule has 4 nitrogen and oxygen atoms in total. The van der Waals surface area contributed by atoms with Crippen LogP contribution in [0.1, 0.15) is 11.6 Å². The summed E-state index contributed by atoms with van der Waals surface area (Å²) in [5.74, 6) is -0.821. The topological polar surface area (TPSA) is 58.6 Å². The van der Waals surface area contributed by atoms with Gasteiger partial charge in [-0.15, -0.1) is 0 Å². The third-order valence-corrected chi connectivity index (χ3v) is 3.92. The Morgan fingerprint density at radius 2 is 2.18 bits per heavy atom. The van der Waals surface area contributed by atoms with Crippen molar-refractivity contribution in [1.82, 2.24) is 5.32 Å². The molecule has 0 amide bonds. The minimum atomic E-state index is -0.862. The van der Waals surface area contributed by atoms with Crippen LogP contribution in [0.15, 0.2) is 28.7 Å². The summed E-state index contributed by atoms with van der Waals surface area (Å²) in [6.45, 7) is 0.490. The van der Waals surface area contributed by atoms with Crippen LogP contribution >= 0.6 is 15.9 Å². The zero-order valence-corrected chi connectivity index (χ0v) is 11.0. The number of carboxylic acid groups (broad SMARTS) is 1. The largest absolute Gasteiger partial charge is 0.481 e. The van der Waals surface area contributed by atoms with Crippen LogP contribution in [0.4, 0.5) is 0 Å². The van der Waals surface area contributed by atoms with Crippen molar-refractivity contribution in [2.24, 2.45) is 5.41 Å². The molecule has 92 valence electrons. The number of hydrogen-bond acceptors (Lipinski definition) is 3. The maximum atomic E-state index is 11.5. The summed E-state index contributed by atoms with van der Waals surface area (Å²) in [4.78, 5) is 11.5. The van der Waals surface area contributed by atoms with Crippen molar-refractivity contribution in [2.75, 3.05) is 20.3 Å². The predicted octanol–water partition coefficient (Wildman–Crippen LogP) is 1.81. The second kappa shape index (κ2) is 4.76. The molecule has 1 unspecified atom stereocenters. The highest BCUT2D eigenvalue weighted by atomic mass is 79.9. The van der Waals surface area contributed by atoms with Crippen LogP contribution < -0.4 is 5.32 Å². The summed E-state index contributed by atoms with van der Waals surface area (Å²) in [7, 11) is 1.77. The van der Waals surface area contributed by atoms with E-state index in [9.17, 15) is 9.90 Å². The first-order chi connectivity index (χ1) is 8.12. The van der Waals surface area contributed by atoms with E-state index in [1.165, 1.54) is 0 Å². The van der Waals surface area contributed by atoms with E-state index in [0.717, 1.165) is 10.0 Å². The quantitative estimate of drug-likeness (QED) is 0.890. The lowest BCUT2D eigenvalue weighted by Crippen LogP contribution is -2.56. The standard InChI is InChI=1S/C12H14BrNO3/c1-14-10(8-4-2-3-5-9(8)13)12(11(15)16)6-17-7-12/h2-5,10,14H,6-7H2,1H3,(H,15,16). The molecule has 1 fully saturated rings. The molecule has 0 aromatic heterocycles. The molecule has 1 aliphatic rings. The summed E-state index contributed by atoms with van der Waals surface area (Å²) in [5, 5.41) is 12.5. The first-order valence-electron chi connectivity index (χ1n) is 5.34. The molecule has 0 bridgehead atoms. The lowest BCUT2D eigenvalue weighted by molar-refractivity contribution is -0.186. The number of nitrogens with one attached hydrogen (secondary N) is 1. The molecule has 0 saturated carbocycles. The molecular formula is C12H14BrNO3. The van der Waals surface area contributed by atoms with E-state index in [4.69, 9.17) is 4.74 Å². The van der Waals surface area contributed by atoms with Crippen molar-refractivity contribution in [1.29, 1.82) is 0 Å². The van der Waals surface area contributed by atoms with E-state index < -0.39 is 11.4 Å². The smallest absolute Gasteiger partial charge is 0.316 e. The number of rotatable bonds is 4. The van der Waals surface area contributed by atoms with Gasteiger partial charge in [0.05, 0.1) is 19.3 Å². The third-order valence-electron chi connectivity index (χ3n) is 3.20. The molecule has 0 spiro atoms. The van der Waals surface area contributed by atoms with E-state index in [1.807, 2.05) is 24.3 Å². The number of hydrogen-bond donors (Lipinski definition) is 2. The molecule has 0 aliphatic carbocycles. The lowest BCUT2D eigenvalue weighted by atomic mass is 9.75. The highest BCUT2D eigenvalue weighted by molar-refractivity contribution is 9.10. The van der Waals surface area contributed by atoms with E-state index in [0.29, 0.717) is 0 Å². The van der Waals surface area contributed by atoms with Crippen molar-refractivity contribution in [3.63, 3.8) is 0 Å². The summed E-state index contributed by atoms with van der Waals surface area (Å²) in [6.07, 6.45) is 0. The van der Waals surface area contributed by atoms with Crippen LogP contribution in [-0.2, 0) is 9.53 Å². The molecule has 2 N–H and O–H groups in total. The van der Waals surface area contributed by atoms with Crippen LogP contribution in [0.5, 0.6) is 0 Å². The Hall–Kier alpha value is -0.910. The third kappa shape index (κ3) is 1.99. The van der Waals surface area contributed by atoms with Gasteiger partial charge < -0.3 is 15.2 Å². The maximum Gasteiger partial charge on any atom is 0.316 e. The Bertz CT molecular complexity index is 432. The highest BCUT2D eigenvalue weighted by Gasteiger charge is 2.53. The first-order valence-corrected chi connectivity index (χ1v) is 6.14. The summed E-state index contributed by atoms with van der Waals surface area (Å²) in [5.41, 5.74) is 0.0826. The van der Waals surface area contributed by atoms with E-state index >= 15 is 0 Å². The number of carbonyl (C=O) groups is 1. The zero-order valence-electron chi connectivity index (χ0n) is 9.44. The SMILES string of the molecule is CNC(c1ccccc1Br)C1(C(=O)O)COC1. The number of halogens is 1. The van der Waals surface area contributed by atoms with Gasteiger partial charge in [-0.2, -0.15) is 0 Å². The van der Waals surface area contributed by atoms with Gasteiger partial charge in [0, 0.05) is 4.47 Å². The Labute approximate surface area is 108 Å². The molecule has 2 rings (SSSR count). The summed E-state index contributed by atoms with van der Waals surface area (Å²) in [6, 6.07) is 7.39. The minimum Gasteiger partial charge on any atom is -0.481 e. The predicted molar refractivity (Wildman–Crippen MR) is 66.8 cm³/mol. The number of benzene rings is 1. The van der Waals surface area contributed by atoms with Crippen molar-refractivity contribution >= 4 is 21.9 Å². The van der Waals surface area contributed by atoms with Crippen LogP contribution in [-0.4, -0.2) is 31.3 Å². The molecule has 0 radical (unpaired) electrons. The molecule has 1 saturated heterocycles. The maximum absolute atomic E-state index is 11.5. The Morgan fingerprint density at radius 3 is 2.59 bits per heavy atom. The van der Waals surface area contributed by atoms with Gasteiger partial charge in [0.1, 0.15) is 5.41 Å². The van der Waals surface area contributed by atoms with E-state index in [2.05, 4.69) is 21.2 Å². The highest BCUT2D eigenvalue weighted by Crippen LogP contribution is 2.42. The molecule has 1 aromatic rings. The van der Waals surface area contributed by atoms with Crippen LogP contribution in [0.3, 0.4) is 0 Å². The monoisotopic (exact) mass is 299 g/mol. The second-order valence-electron chi connectivity index (χ2n) is 4.20. The molecule has 1 heterocycles. The number of ether oxygens (including phenoxy) is 1. The van der Waals surface area contributed by atoms with Crippen LogP contribution in [0, 0.1) is 5.41 Å². The Morgan fingerprint density at radius 1 is 1.53 bits per heavy atom. The van der Waals surface area contributed by atoms with Crippen molar-refractivity contribution in [2.45, 2.75) is 6.04 Å². The van der Waals surface area contributed by atoms with Crippen molar-refractivity contribution in [3.05, 3.63) is 34.3 Å². The van der Waals surface area contributed by atoms with Crippen molar-refractivity contribution < 1.29 is 14.6 Å². The fourth-order valence-electron chi connectivity index (χ4n) is 2.17. The fraction of sp³-hybridized carbons (Fsp3) is 0.417. The van der Waals surface area contributed by atoms with Crippen molar-refractivity contribution in [3.8, 4) is 0 Å².